The number of imidazole rings is 1. The molecular formula is C15H11Cl2N3O. The molecule has 4 nitrogen and oxygen atoms in total. The molecule has 0 spiro atoms. The summed E-state index contributed by atoms with van der Waals surface area (Å²) in [6.45, 7) is 1.82. The first-order valence-corrected chi connectivity index (χ1v) is 6.98. The minimum absolute atomic E-state index is 0.369. The van der Waals surface area contributed by atoms with Gasteiger partial charge in [-0.2, -0.15) is 4.73 Å². The molecule has 3 rings (SSSR count). The Morgan fingerprint density at radius 2 is 2.00 bits per heavy atom. The van der Waals surface area contributed by atoms with Crippen LogP contribution in [0.25, 0.3) is 22.6 Å². The zero-order valence-corrected chi connectivity index (χ0v) is 12.6. The lowest BCUT2D eigenvalue weighted by Gasteiger charge is -2.06. The second-order valence-corrected chi connectivity index (χ2v) is 5.39. The van der Waals surface area contributed by atoms with Crippen LogP contribution in [0.5, 0.6) is 0 Å². The Morgan fingerprint density at radius 3 is 2.67 bits per heavy atom. The Hall–Kier alpha value is -2.04. The Morgan fingerprint density at radius 1 is 1.19 bits per heavy atom. The summed E-state index contributed by atoms with van der Waals surface area (Å²) in [7, 11) is 0. The predicted molar refractivity (Wildman–Crippen MR) is 82.8 cm³/mol. The number of rotatable bonds is 2. The monoisotopic (exact) mass is 319 g/mol. The van der Waals surface area contributed by atoms with E-state index in [-0.39, 0.29) is 0 Å². The van der Waals surface area contributed by atoms with Gasteiger partial charge in [0.2, 0.25) is 0 Å². The molecule has 6 heteroatoms. The smallest absolute Gasteiger partial charge is 0.177 e. The fraction of sp³-hybridized carbons (Fsp3) is 0.0667. The lowest BCUT2D eigenvalue weighted by molar-refractivity contribution is 0.195. The van der Waals surface area contributed by atoms with Gasteiger partial charge in [0.05, 0.1) is 10.7 Å². The van der Waals surface area contributed by atoms with Crippen molar-refractivity contribution in [1.82, 2.24) is 14.7 Å². The van der Waals surface area contributed by atoms with Crippen LogP contribution in [0.4, 0.5) is 0 Å². The van der Waals surface area contributed by atoms with E-state index in [0.717, 1.165) is 10.3 Å². The van der Waals surface area contributed by atoms with E-state index in [0.29, 0.717) is 32.8 Å². The van der Waals surface area contributed by atoms with Crippen molar-refractivity contribution in [2.24, 2.45) is 0 Å². The SMILES string of the molecule is Cc1nc(-c2ccc(Cl)cc2Cl)n(O)c1-c1cccnc1. The lowest BCUT2D eigenvalue weighted by atomic mass is 10.2. The summed E-state index contributed by atoms with van der Waals surface area (Å²) in [6, 6.07) is 8.71. The molecule has 0 saturated heterocycles. The van der Waals surface area contributed by atoms with E-state index in [2.05, 4.69) is 9.97 Å². The minimum atomic E-state index is 0.369. The van der Waals surface area contributed by atoms with Crippen LogP contribution in [0, 0.1) is 6.92 Å². The maximum Gasteiger partial charge on any atom is 0.177 e. The molecule has 0 radical (unpaired) electrons. The van der Waals surface area contributed by atoms with Crippen molar-refractivity contribution in [2.75, 3.05) is 0 Å². The molecule has 106 valence electrons. The van der Waals surface area contributed by atoms with Gasteiger partial charge in [-0.15, -0.1) is 0 Å². The van der Waals surface area contributed by atoms with Crippen molar-refractivity contribution in [2.45, 2.75) is 6.92 Å². The van der Waals surface area contributed by atoms with E-state index in [9.17, 15) is 5.21 Å². The van der Waals surface area contributed by atoms with Crippen LogP contribution in [0.2, 0.25) is 10.0 Å². The second-order valence-electron chi connectivity index (χ2n) is 4.55. The van der Waals surface area contributed by atoms with Crippen molar-refractivity contribution in [3.8, 4) is 22.6 Å². The number of benzene rings is 1. The highest BCUT2D eigenvalue weighted by Crippen LogP contribution is 2.33. The highest BCUT2D eigenvalue weighted by atomic mass is 35.5. The molecule has 0 aliphatic carbocycles. The number of pyridine rings is 1. The summed E-state index contributed by atoms with van der Waals surface area (Å²) in [6.07, 6.45) is 3.35. The quantitative estimate of drug-likeness (QED) is 0.709. The van der Waals surface area contributed by atoms with Crippen molar-refractivity contribution >= 4 is 23.2 Å². The van der Waals surface area contributed by atoms with E-state index in [1.54, 1.807) is 36.7 Å². The average Bonchev–Trinajstić information content (AvgIpc) is 2.75. The Balaban J connectivity index is 2.18. The number of nitrogens with zero attached hydrogens (tertiary/aromatic N) is 3. The van der Waals surface area contributed by atoms with Gasteiger partial charge in [-0.1, -0.05) is 23.2 Å². The maximum atomic E-state index is 10.4. The summed E-state index contributed by atoms with van der Waals surface area (Å²) in [5.41, 5.74) is 2.67. The third-order valence-corrected chi connectivity index (χ3v) is 3.68. The molecule has 0 amide bonds. The molecule has 3 aromatic rings. The van der Waals surface area contributed by atoms with Gasteiger partial charge < -0.3 is 5.21 Å². The van der Waals surface area contributed by atoms with Crippen LogP contribution in [0.15, 0.2) is 42.7 Å². The summed E-state index contributed by atoms with van der Waals surface area (Å²) in [5, 5.41) is 11.4. The van der Waals surface area contributed by atoms with Gasteiger partial charge in [0.25, 0.3) is 0 Å². The molecule has 2 heterocycles. The van der Waals surface area contributed by atoms with Gasteiger partial charge in [-0.05, 0) is 37.3 Å². The maximum absolute atomic E-state index is 10.4. The minimum Gasteiger partial charge on any atom is -0.426 e. The Bertz CT molecular complexity index is 800. The molecule has 1 N–H and O–H groups in total. The van der Waals surface area contributed by atoms with Crippen LogP contribution in [0.3, 0.4) is 0 Å². The van der Waals surface area contributed by atoms with Crippen LogP contribution < -0.4 is 0 Å². The summed E-state index contributed by atoms with van der Waals surface area (Å²) >= 11 is 12.1. The second kappa shape index (κ2) is 5.39. The summed E-state index contributed by atoms with van der Waals surface area (Å²) < 4.78 is 1.03. The highest BCUT2D eigenvalue weighted by molar-refractivity contribution is 6.36. The molecule has 0 saturated carbocycles. The van der Waals surface area contributed by atoms with Crippen LogP contribution >= 0.6 is 23.2 Å². The van der Waals surface area contributed by atoms with Gasteiger partial charge in [0.15, 0.2) is 5.82 Å². The molecular weight excluding hydrogens is 309 g/mol. The number of aromatic nitrogens is 3. The third-order valence-electron chi connectivity index (χ3n) is 3.14. The Kier molecular flexibility index (Phi) is 3.57. The molecule has 0 aliphatic rings. The van der Waals surface area contributed by atoms with Crippen molar-refractivity contribution in [1.29, 1.82) is 0 Å². The highest BCUT2D eigenvalue weighted by Gasteiger charge is 2.19. The molecule has 0 unspecified atom stereocenters. The third kappa shape index (κ3) is 2.48. The zero-order valence-electron chi connectivity index (χ0n) is 11.1. The average molecular weight is 320 g/mol. The molecule has 0 bridgehead atoms. The first-order valence-electron chi connectivity index (χ1n) is 6.22. The van der Waals surface area contributed by atoms with E-state index in [4.69, 9.17) is 23.2 Å². The van der Waals surface area contributed by atoms with Crippen molar-refractivity contribution in [3.05, 3.63) is 58.5 Å². The number of hydrogen-bond donors (Lipinski definition) is 1. The standard InChI is InChI=1S/C15H11Cl2N3O/c1-9-14(10-3-2-6-18-8-10)20(21)15(19-9)12-5-4-11(16)7-13(12)17/h2-8,21H,1H3. The van der Waals surface area contributed by atoms with Gasteiger partial charge in [0.1, 0.15) is 5.69 Å². The fourth-order valence-corrected chi connectivity index (χ4v) is 2.69. The van der Waals surface area contributed by atoms with Gasteiger partial charge in [-0.25, -0.2) is 4.98 Å². The molecule has 0 fully saturated rings. The Labute approximate surface area is 131 Å². The van der Waals surface area contributed by atoms with Crippen LogP contribution in [-0.4, -0.2) is 19.9 Å². The number of aryl methyl sites for hydroxylation is 1. The molecule has 0 atom stereocenters. The first-order chi connectivity index (χ1) is 10.1. The van der Waals surface area contributed by atoms with E-state index in [1.165, 1.54) is 0 Å². The normalized spacial score (nSPS) is 10.8. The van der Waals surface area contributed by atoms with Crippen molar-refractivity contribution < 1.29 is 5.21 Å². The van der Waals surface area contributed by atoms with Crippen LogP contribution in [0.1, 0.15) is 5.69 Å². The largest absolute Gasteiger partial charge is 0.426 e. The summed E-state index contributed by atoms with van der Waals surface area (Å²) in [4.78, 5) is 8.46. The molecule has 2 aromatic heterocycles. The van der Waals surface area contributed by atoms with Gasteiger partial charge >= 0.3 is 0 Å². The molecule has 1 aromatic carbocycles. The summed E-state index contributed by atoms with van der Waals surface area (Å²) in [5.74, 6) is 0.369. The van der Waals surface area contributed by atoms with E-state index >= 15 is 0 Å². The van der Waals surface area contributed by atoms with Gasteiger partial charge in [0, 0.05) is 28.5 Å². The van der Waals surface area contributed by atoms with Crippen LogP contribution in [-0.2, 0) is 0 Å². The topological polar surface area (TPSA) is 50.9 Å². The predicted octanol–water partition coefficient (Wildman–Crippen LogP) is 4.46. The van der Waals surface area contributed by atoms with Gasteiger partial charge in [-0.3, -0.25) is 4.98 Å². The lowest BCUT2D eigenvalue weighted by Crippen LogP contribution is -1.98. The van der Waals surface area contributed by atoms with E-state index < -0.39 is 0 Å². The number of halogens is 2. The van der Waals surface area contributed by atoms with E-state index in [1.807, 2.05) is 13.0 Å². The number of hydrogen-bond acceptors (Lipinski definition) is 3. The fourth-order valence-electron chi connectivity index (χ4n) is 2.20. The first kappa shape index (κ1) is 13.9. The molecule has 0 aliphatic heterocycles. The van der Waals surface area contributed by atoms with Crippen molar-refractivity contribution in [3.63, 3.8) is 0 Å². The molecule has 21 heavy (non-hydrogen) atoms. The zero-order chi connectivity index (χ0) is 15.0.